The average Bonchev–Trinajstić information content (AvgIpc) is 2.94. The number of likely N-dealkylation sites (N-methyl/N-ethyl adjacent to an activating group) is 2. The lowest BCUT2D eigenvalue weighted by molar-refractivity contribution is -0.127. The number of nitrogens with one attached hydrogen (secondary N) is 2. The van der Waals surface area contributed by atoms with Gasteiger partial charge < -0.3 is 9.80 Å². The predicted octanol–water partition coefficient (Wildman–Crippen LogP) is 0.831. The van der Waals surface area contributed by atoms with E-state index in [1.54, 1.807) is 24.2 Å². The molecular weight excluding hydrogens is 332 g/mol. The molecule has 9 heteroatoms. The third-order valence-electron chi connectivity index (χ3n) is 3.97. The van der Waals surface area contributed by atoms with Crippen molar-refractivity contribution in [3.8, 4) is 0 Å². The highest BCUT2D eigenvalue weighted by atomic mass is 35.5. The van der Waals surface area contributed by atoms with Gasteiger partial charge in [0.05, 0.1) is 6.21 Å². The van der Waals surface area contributed by atoms with E-state index in [0.717, 1.165) is 5.56 Å². The number of urea groups is 1. The topological polar surface area (TPSA) is 89.4 Å². The Morgan fingerprint density at radius 2 is 2.17 bits per heavy atom. The molecule has 0 bridgehead atoms. The van der Waals surface area contributed by atoms with Crippen LogP contribution in [-0.2, 0) is 4.79 Å². The van der Waals surface area contributed by atoms with E-state index in [1.165, 1.54) is 4.90 Å². The normalized spacial score (nSPS) is 23.4. The number of halogens is 1. The number of amides is 3. The highest BCUT2D eigenvalue weighted by molar-refractivity contribution is 6.33. The minimum atomic E-state index is -0.566. The molecule has 2 aliphatic heterocycles. The smallest absolute Gasteiger partial charge is 0.325 e. The maximum absolute atomic E-state index is 12.1. The van der Waals surface area contributed by atoms with Crippen molar-refractivity contribution in [1.82, 2.24) is 20.5 Å². The van der Waals surface area contributed by atoms with Crippen LogP contribution in [-0.4, -0.2) is 59.7 Å². The number of hydrogen-bond donors (Lipinski definition) is 2. The summed E-state index contributed by atoms with van der Waals surface area (Å²) in [5, 5.41) is 7.05. The molecule has 0 radical (unpaired) electrons. The molecule has 1 aromatic carbocycles. The maximum Gasteiger partial charge on any atom is 0.325 e. The molecule has 3 rings (SSSR count). The minimum absolute atomic E-state index is 0.361. The predicted molar refractivity (Wildman–Crippen MR) is 90.9 cm³/mol. The Morgan fingerprint density at radius 1 is 1.42 bits per heavy atom. The van der Waals surface area contributed by atoms with Crippen molar-refractivity contribution < 1.29 is 9.59 Å². The first-order chi connectivity index (χ1) is 11.5. The van der Waals surface area contributed by atoms with E-state index in [-0.39, 0.29) is 5.91 Å². The van der Waals surface area contributed by atoms with Crippen LogP contribution in [0.1, 0.15) is 12.5 Å². The number of hydrazone groups is 1. The molecule has 2 aliphatic rings. The van der Waals surface area contributed by atoms with Gasteiger partial charge in [0, 0.05) is 24.2 Å². The number of nitrogens with zero attached hydrogens (tertiary/aromatic N) is 4. The van der Waals surface area contributed by atoms with Crippen LogP contribution in [0.25, 0.3) is 0 Å². The van der Waals surface area contributed by atoms with E-state index in [2.05, 4.69) is 20.8 Å². The first-order valence-corrected chi connectivity index (χ1v) is 7.86. The van der Waals surface area contributed by atoms with Crippen LogP contribution in [0, 0.1) is 0 Å². The summed E-state index contributed by atoms with van der Waals surface area (Å²) < 4.78 is 0. The summed E-state index contributed by atoms with van der Waals surface area (Å²) in [5.41, 5.74) is 3.60. The fourth-order valence-electron chi connectivity index (χ4n) is 2.70. The van der Waals surface area contributed by atoms with Gasteiger partial charge in [-0.2, -0.15) is 5.10 Å². The Labute approximate surface area is 144 Å². The van der Waals surface area contributed by atoms with Gasteiger partial charge in [-0.25, -0.2) is 15.2 Å². The van der Waals surface area contributed by atoms with Crippen molar-refractivity contribution in [2.75, 3.05) is 13.6 Å². The number of fused-ring (bicyclic) bond motifs is 1. The summed E-state index contributed by atoms with van der Waals surface area (Å²) >= 11 is 6.07. The van der Waals surface area contributed by atoms with Crippen LogP contribution < -0.4 is 10.7 Å². The number of carbonyl (C=O) groups is 2. The summed E-state index contributed by atoms with van der Waals surface area (Å²) in [4.78, 5) is 31.5. The molecule has 0 aromatic heterocycles. The quantitative estimate of drug-likeness (QED) is 0.625. The molecule has 1 aromatic rings. The number of rotatable bonds is 3. The van der Waals surface area contributed by atoms with Crippen LogP contribution >= 0.6 is 11.6 Å². The number of guanidine groups is 1. The summed E-state index contributed by atoms with van der Waals surface area (Å²) in [5.74, 6) is 0.0769. The van der Waals surface area contributed by atoms with Crippen molar-refractivity contribution >= 4 is 35.7 Å². The van der Waals surface area contributed by atoms with Gasteiger partial charge in [-0.1, -0.05) is 29.8 Å². The maximum atomic E-state index is 12.1. The van der Waals surface area contributed by atoms with Gasteiger partial charge in [0.1, 0.15) is 0 Å². The molecule has 126 valence electrons. The first kappa shape index (κ1) is 16.3. The lowest BCUT2D eigenvalue weighted by Gasteiger charge is -2.35. The van der Waals surface area contributed by atoms with Gasteiger partial charge in [0.15, 0.2) is 12.2 Å². The number of hydrogen-bond acceptors (Lipinski definition) is 6. The third-order valence-corrected chi connectivity index (χ3v) is 4.32. The van der Waals surface area contributed by atoms with Crippen molar-refractivity contribution in [1.29, 1.82) is 0 Å². The lowest BCUT2D eigenvalue weighted by atomic mass is 10.1. The molecule has 24 heavy (non-hydrogen) atoms. The fraction of sp³-hybridized carbons (Fsp3) is 0.333. The van der Waals surface area contributed by atoms with Gasteiger partial charge in [-0.3, -0.25) is 10.1 Å². The van der Waals surface area contributed by atoms with Crippen LogP contribution in [0.5, 0.6) is 0 Å². The molecule has 1 saturated heterocycles. The Hall–Kier alpha value is -2.61. The SMILES string of the molecule is CCN1C(N/N=C/c2ccccc2Cl)=NC2C1C(=O)NC(=O)N2C. The zero-order chi connectivity index (χ0) is 17.3. The Kier molecular flexibility index (Phi) is 4.39. The standard InChI is InChI=1S/C15H17ClN6O2/c1-3-22-11-12(21(2)15(24)19-13(11)23)18-14(22)20-17-8-9-6-4-5-7-10(9)16/h4-8,11-12H,3H2,1-2H3,(H,18,20)(H,19,23,24)/b17-8+. The zero-order valence-corrected chi connectivity index (χ0v) is 14.0. The van der Waals surface area contributed by atoms with E-state index in [4.69, 9.17) is 11.6 Å². The molecule has 2 heterocycles. The summed E-state index contributed by atoms with van der Waals surface area (Å²) in [6.45, 7) is 2.45. The lowest BCUT2D eigenvalue weighted by Crippen LogP contribution is -2.64. The van der Waals surface area contributed by atoms with E-state index in [1.807, 2.05) is 25.1 Å². The highest BCUT2D eigenvalue weighted by Crippen LogP contribution is 2.22. The summed E-state index contributed by atoms with van der Waals surface area (Å²) in [7, 11) is 1.60. The van der Waals surface area contributed by atoms with E-state index < -0.39 is 18.2 Å². The third kappa shape index (κ3) is 2.80. The Morgan fingerprint density at radius 3 is 2.88 bits per heavy atom. The number of aliphatic imine (C=N–C) groups is 1. The van der Waals surface area contributed by atoms with Crippen LogP contribution in [0.15, 0.2) is 34.4 Å². The molecular formula is C15H17ClN6O2. The molecule has 2 N–H and O–H groups in total. The molecule has 2 atom stereocenters. The molecule has 1 fully saturated rings. The van der Waals surface area contributed by atoms with Gasteiger partial charge in [0.25, 0.3) is 5.91 Å². The summed E-state index contributed by atoms with van der Waals surface area (Å²) in [6, 6.07) is 6.29. The minimum Gasteiger partial charge on any atom is -0.326 e. The van der Waals surface area contributed by atoms with Gasteiger partial charge in [-0.05, 0) is 13.0 Å². The molecule has 0 spiro atoms. The Balaban J connectivity index is 1.79. The van der Waals surface area contributed by atoms with E-state index in [0.29, 0.717) is 17.5 Å². The van der Waals surface area contributed by atoms with Gasteiger partial charge in [0.2, 0.25) is 5.96 Å². The van der Waals surface area contributed by atoms with E-state index in [9.17, 15) is 9.59 Å². The average molecular weight is 349 g/mol. The second kappa shape index (κ2) is 6.48. The van der Waals surface area contributed by atoms with Crippen LogP contribution in [0.3, 0.4) is 0 Å². The number of benzene rings is 1. The van der Waals surface area contributed by atoms with Crippen LogP contribution in [0.4, 0.5) is 4.79 Å². The zero-order valence-electron chi connectivity index (χ0n) is 13.2. The summed E-state index contributed by atoms with van der Waals surface area (Å²) in [6.07, 6.45) is 1.01. The second-order valence-corrected chi connectivity index (χ2v) is 5.80. The Bertz CT molecular complexity index is 734. The first-order valence-electron chi connectivity index (χ1n) is 7.48. The van der Waals surface area contributed by atoms with Crippen molar-refractivity contribution in [3.05, 3.63) is 34.9 Å². The molecule has 0 aliphatic carbocycles. The highest BCUT2D eigenvalue weighted by Gasteiger charge is 2.48. The van der Waals surface area contributed by atoms with Crippen molar-refractivity contribution in [2.45, 2.75) is 19.1 Å². The number of carbonyl (C=O) groups excluding carboxylic acids is 2. The molecule has 2 unspecified atom stereocenters. The molecule has 3 amide bonds. The second-order valence-electron chi connectivity index (χ2n) is 5.39. The van der Waals surface area contributed by atoms with Crippen molar-refractivity contribution in [3.63, 3.8) is 0 Å². The van der Waals surface area contributed by atoms with Crippen molar-refractivity contribution in [2.24, 2.45) is 10.1 Å². The van der Waals surface area contributed by atoms with Crippen LogP contribution in [0.2, 0.25) is 5.02 Å². The van der Waals surface area contributed by atoms with E-state index >= 15 is 0 Å². The number of imide groups is 1. The fourth-order valence-corrected chi connectivity index (χ4v) is 2.89. The monoisotopic (exact) mass is 348 g/mol. The molecule has 8 nitrogen and oxygen atoms in total. The largest absolute Gasteiger partial charge is 0.326 e. The molecule has 0 saturated carbocycles. The van der Waals surface area contributed by atoms with Gasteiger partial charge >= 0.3 is 6.03 Å². The van der Waals surface area contributed by atoms with Gasteiger partial charge in [-0.15, -0.1) is 0 Å².